The summed E-state index contributed by atoms with van der Waals surface area (Å²) in [6, 6.07) is 16.1. The molecular formula is C24H27N3O2. The standard InChI is InChI=1S/C24H27N3O2/c1-16-14-17-8-4-7-11-21(17)27(16)23(29)24(2,3)22(28)25-13-12-18-15-26-20-10-6-5-9-19(18)20/h4-11,15-16,26H,12-14H2,1-3H3,(H,25,28). The third kappa shape index (κ3) is 3.41. The van der Waals surface area contributed by atoms with E-state index >= 15 is 0 Å². The zero-order valence-corrected chi connectivity index (χ0v) is 17.2. The Labute approximate surface area is 171 Å². The number of carbonyl (C=O) groups is 2. The van der Waals surface area contributed by atoms with E-state index in [-0.39, 0.29) is 17.9 Å². The second kappa shape index (κ2) is 7.39. The average molecular weight is 389 g/mol. The number of anilines is 1. The molecule has 150 valence electrons. The van der Waals surface area contributed by atoms with Crippen molar-refractivity contribution in [1.29, 1.82) is 0 Å². The first kappa shape index (κ1) is 19.2. The number of H-pyrrole nitrogens is 1. The highest BCUT2D eigenvalue weighted by atomic mass is 16.2. The van der Waals surface area contributed by atoms with Gasteiger partial charge in [-0.05, 0) is 56.9 Å². The minimum absolute atomic E-state index is 0.0539. The predicted octanol–water partition coefficient (Wildman–Crippen LogP) is 3.83. The molecule has 0 radical (unpaired) electrons. The van der Waals surface area contributed by atoms with Crippen LogP contribution >= 0.6 is 0 Å². The molecule has 2 aromatic carbocycles. The summed E-state index contributed by atoms with van der Waals surface area (Å²) in [7, 11) is 0. The van der Waals surface area contributed by atoms with E-state index in [2.05, 4.69) is 16.4 Å². The van der Waals surface area contributed by atoms with Gasteiger partial charge < -0.3 is 15.2 Å². The minimum Gasteiger partial charge on any atom is -0.361 e. The van der Waals surface area contributed by atoms with Gasteiger partial charge >= 0.3 is 0 Å². The summed E-state index contributed by atoms with van der Waals surface area (Å²) in [6.45, 7) is 5.94. The van der Waals surface area contributed by atoms with Gasteiger partial charge in [-0.3, -0.25) is 9.59 Å². The minimum atomic E-state index is -1.13. The van der Waals surface area contributed by atoms with Crippen molar-refractivity contribution in [2.45, 2.75) is 39.7 Å². The highest BCUT2D eigenvalue weighted by Crippen LogP contribution is 2.35. The van der Waals surface area contributed by atoms with E-state index in [9.17, 15) is 9.59 Å². The van der Waals surface area contributed by atoms with Crippen molar-refractivity contribution in [2.75, 3.05) is 11.4 Å². The number of fused-ring (bicyclic) bond motifs is 2. The maximum atomic E-state index is 13.3. The van der Waals surface area contributed by atoms with E-state index in [1.807, 2.05) is 55.6 Å². The molecule has 1 atom stereocenters. The van der Waals surface area contributed by atoms with Gasteiger partial charge in [0.05, 0.1) is 0 Å². The van der Waals surface area contributed by atoms with Crippen molar-refractivity contribution in [3.05, 3.63) is 65.9 Å². The number of benzene rings is 2. The molecule has 0 bridgehead atoms. The number of aromatic nitrogens is 1. The second-order valence-electron chi connectivity index (χ2n) is 8.35. The molecule has 2 heterocycles. The number of rotatable bonds is 5. The molecule has 2 N–H and O–H groups in total. The van der Waals surface area contributed by atoms with Crippen LogP contribution in [0.3, 0.4) is 0 Å². The number of carbonyl (C=O) groups excluding carboxylic acids is 2. The van der Waals surface area contributed by atoms with Crippen LogP contribution in [0.4, 0.5) is 5.69 Å². The van der Waals surface area contributed by atoms with Gasteiger partial charge in [0.1, 0.15) is 5.41 Å². The van der Waals surface area contributed by atoms with Crippen LogP contribution in [0.1, 0.15) is 31.9 Å². The largest absolute Gasteiger partial charge is 0.361 e. The molecule has 4 rings (SSSR count). The van der Waals surface area contributed by atoms with Crippen LogP contribution in [0.5, 0.6) is 0 Å². The number of para-hydroxylation sites is 2. The van der Waals surface area contributed by atoms with Gasteiger partial charge in [0, 0.05) is 35.4 Å². The molecule has 0 aliphatic carbocycles. The van der Waals surface area contributed by atoms with Crippen LogP contribution in [-0.2, 0) is 22.4 Å². The van der Waals surface area contributed by atoms with Crippen LogP contribution in [0.15, 0.2) is 54.7 Å². The molecule has 29 heavy (non-hydrogen) atoms. The van der Waals surface area contributed by atoms with E-state index in [1.54, 1.807) is 18.7 Å². The van der Waals surface area contributed by atoms with Crippen molar-refractivity contribution in [3.63, 3.8) is 0 Å². The maximum absolute atomic E-state index is 13.3. The second-order valence-corrected chi connectivity index (χ2v) is 8.35. The van der Waals surface area contributed by atoms with E-state index in [4.69, 9.17) is 0 Å². The van der Waals surface area contributed by atoms with Gasteiger partial charge in [0.25, 0.3) is 0 Å². The molecule has 1 aliphatic rings. The molecule has 1 aromatic heterocycles. The van der Waals surface area contributed by atoms with Crippen molar-refractivity contribution >= 4 is 28.4 Å². The lowest BCUT2D eigenvalue weighted by Gasteiger charge is -2.31. The molecule has 0 fully saturated rings. The lowest BCUT2D eigenvalue weighted by Crippen LogP contribution is -2.51. The fraction of sp³-hybridized carbons (Fsp3) is 0.333. The number of amides is 2. The highest BCUT2D eigenvalue weighted by Gasteiger charge is 2.43. The first-order chi connectivity index (χ1) is 13.9. The van der Waals surface area contributed by atoms with Gasteiger partial charge in [-0.15, -0.1) is 0 Å². The van der Waals surface area contributed by atoms with E-state index in [0.29, 0.717) is 13.0 Å². The van der Waals surface area contributed by atoms with Crippen LogP contribution in [0.25, 0.3) is 10.9 Å². The molecule has 1 aliphatic heterocycles. The predicted molar refractivity (Wildman–Crippen MR) is 116 cm³/mol. The maximum Gasteiger partial charge on any atom is 0.242 e. The third-order valence-electron chi connectivity index (χ3n) is 5.88. The van der Waals surface area contributed by atoms with E-state index < -0.39 is 5.41 Å². The third-order valence-corrected chi connectivity index (χ3v) is 5.88. The number of aromatic amines is 1. The first-order valence-corrected chi connectivity index (χ1v) is 10.1. The Balaban J connectivity index is 1.43. The Bertz CT molecular complexity index is 1070. The van der Waals surface area contributed by atoms with Crippen LogP contribution in [0.2, 0.25) is 0 Å². The van der Waals surface area contributed by atoms with Gasteiger partial charge in [-0.25, -0.2) is 0 Å². The molecule has 3 aromatic rings. The molecule has 1 unspecified atom stereocenters. The van der Waals surface area contributed by atoms with Gasteiger partial charge in [-0.2, -0.15) is 0 Å². The highest BCUT2D eigenvalue weighted by molar-refractivity contribution is 6.12. The summed E-state index contributed by atoms with van der Waals surface area (Å²) in [4.78, 5) is 31.3. The Morgan fingerprint density at radius 3 is 2.69 bits per heavy atom. The molecule has 5 nitrogen and oxygen atoms in total. The van der Waals surface area contributed by atoms with E-state index in [1.165, 1.54) is 5.39 Å². The summed E-state index contributed by atoms with van der Waals surface area (Å²) in [6.07, 6.45) is 3.51. The van der Waals surface area contributed by atoms with Crippen molar-refractivity contribution < 1.29 is 9.59 Å². The smallest absolute Gasteiger partial charge is 0.242 e. The van der Waals surface area contributed by atoms with Crippen LogP contribution < -0.4 is 10.2 Å². The molecule has 0 spiro atoms. The lowest BCUT2D eigenvalue weighted by atomic mass is 9.89. The Kier molecular flexibility index (Phi) is 4.91. The van der Waals surface area contributed by atoms with E-state index in [0.717, 1.165) is 28.8 Å². The summed E-state index contributed by atoms with van der Waals surface area (Å²) < 4.78 is 0. The Hall–Kier alpha value is -3.08. The number of nitrogens with zero attached hydrogens (tertiary/aromatic N) is 1. The fourth-order valence-corrected chi connectivity index (χ4v) is 4.14. The lowest BCUT2D eigenvalue weighted by molar-refractivity contribution is -0.139. The first-order valence-electron chi connectivity index (χ1n) is 10.1. The molecule has 2 amide bonds. The summed E-state index contributed by atoms with van der Waals surface area (Å²) >= 11 is 0. The normalized spacial score (nSPS) is 16.1. The molecule has 0 saturated heterocycles. The summed E-state index contributed by atoms with van der Waals surface area (Å²) in [5.41, 5.74) is 3.19. The topological polar surface area (TPSA) is 65.2 Å². The number of nitrogens with one attached hydrogen (secondary N) is 2. The number of hydrogen-bond acceptors (Lipinski definition) is 2. The molecule has 0 saturated carbocycles. The Morgan fingerprint density at radius 2 is 1.86 bits per heavy atom. The zero-order valence-electron chi connectivity index (χ0n) is 17.2. The summed E-state index contributed by atoms with van der Waals surface area (Å²) in [5, 5.41) is 4.14. The number of hydrogen-bond donors (Lipinski definition) is 2. The van der Waals surface area contributed by atoms with Gasteiger partial charge in [0.2, 0.25) is 11.8 Å². The molecule has 5 heteroatoms. The van der Waals surface area contributed by atoms with Crippen molar-refractivity contribution in [3.8, 4) is 0 Å². The Morgan fingerprint density at radius 1 is 1.14 bits per heavy atom. The van der Waals surface area contributed by atoms with Crippen LogP contribution in [0, 0.1) is 5.41 Å². The fourth-order valence-electron chi connectivity index (χ4n) is 4.14. The van der Waals surface area contributed by atoms with Crippen LogP contribution in [-0.4, -0.2) is 29.4 Å². The quantitative estimate of drug-likeness (QED) is 0.652. The van der Waals surface area contributed by atoms with Crippen molar-refractivity contribution in [2.24, 2.45) is 5.41 Å². The SMILES string of the molecule is CC1Cc2ccccc2N1C(=O)C(C)(C)C(=O)NCCc1c[nH]c2ccccc12. The zero-order chi connectivity index (χ0) is 20.6. The average Bonchev–Trinajstić information content (AvgIpc) is 3.27. The summed E-state index contributed by atoms with van der Waals surface area (Å²) in [5.74, 6) is -0.390. The monoisotopic (exact) mass is 389 g/mol. The van der Waals surface area contributed by atoms with Gasteiger partial charge in [0.15, 0.2) is 0 Å². The van der Waals surface area contributed by atoms with Crippen molar-refractivity contribution in [1.82, 2.24) is 10.3 Å². The van der Waals surface area contributed by atoms with Gasteiger partial charge in [-0.1, -0.05) is 36.4 Å². The molecular weight excluding hydrogens is 362 g/mol.